The number of amides is 1. The van der Waals surface area contributed by atoms with Crippen LogP contribution in [0.2, 0.25) is 0 Å². The Morgan fingerprint density at radius 2 is 1.95 bits per heavy atom. The average Bonchev–Trinajstić information content (AvgIpc) is 2.38. The molecule has 0 aromatic rings. The minimum absolute atomic E-state index is 0.0233. The molecule has 4 nitrogen and oxygen atoms in total. The van der Waals surface area contributed by atoms with Crippen LogP contribution in [0.25, 0.3) is 0 Å². The van der Waals surface area contributed by atoms with Crippen LogP contribution < -0.4 is 5.73 Å². The van der Waals surface area contributed by atoms with Crippen molar-refractivity contribution in [3.63, 3.8) is 0 Å². The summed E-state index contributed by atoms with van der Waals surface area (Å²) in [5.41, 5.74) is 6.17. The quantitative estimate of drug-likeness (QED) is 0.826. The summed E-state index contributed by atoms with van der Waals surface area (Å²) in [5.74, 6) is 0.283. The molecule has 0 radical (unpaired) electrons. The molecule has 0 aliphatic carbocycles. The normalized spacial score (nSPS) is 24.6. The molecule has 1 fully saturated rings. The Kier molecular flexibility index (Phi) is 5.81. The zero-order chi connectivity index (χ0) is 14.6. The highest BCUT2D eigenvalue weighted by Gasteiger charge is 2.37. The number of likely N-dealkylation sites (N-methyl/N-ethyl adjacent to an activating group) is 1. The molecular formula is C15H31N3O. The van der Waals surface area contributed by atoms with Gasteiger partial charge in [0.1, 0.15) is 0 Å². The Labute approximate surface area is 118 Å². The largest absolute Gasteiger partial charge is 0.341 e. The maximum absolute atomic E-state index is 12.7. The smallest absolute Gasteiger partial charge is 0.239 e. The van der Waals surface area contributed by atoms with Gasteiger partial charge in [0.05, 0.1) is 6.04 Å². The summed E-state index contributed by atoms with van der Waals surface area (Å²) in [6.07, 6.45) is 1.79. The lowest BCUT2D eigenvalue weighted by molar-refractivity contribution is -0.140. The molecule has 0 aromatic carbocycles. The van der Waals surface area contributed by atoms with E-state index in [4.69, 9.17) is 5.73 Å². The van der Waals surface area contributed by atoms with Crippen molar-refractivity contribution in [2.45, 2.75) is 59.5 Å². The van der Waals surface area contributed by atoms with E-state index in [0.717, 1.165) is 39.0 Å². The lowest BCUT2D eigenvalue weighted by Gasteiger charge is -2.44. The number of nitrogens with zero attached hydrogens (tertiary/aromatic N) is 2. The molecule has 19 heavy (non-hydrogen) atoms. The highest BCUT2D eigenvalue weighted by atomic mass is 16.2. The van der Waals surface area contributed by atoms with Crippen molar-refractivity contribution in [1.82, 2.24) is 9.80 Å². The Bertz CT molecular complexity index is 300. The van der Waals surface area contributed by atoms with E-state index in [1.54, 1.807) is 0 Å². The summed E-state index contributed by atoms with van der Waals surface area (Å²) in [4.78, 5) is 17.0. The number of piperidine rings is 1. The van der Waals surface area contributed by atoms with Gasteiger partial charge >= 0.3 is 0 Å². The van der Waals surface area contributed by atoms with Crippen molar-refractivity contribution >= 4 is 5.91 Å². The van der Waals surface area contributed by atoms with Crippen LogP contribution in [0.1, 0.15) is 47.5 Å². The summed E-state index contributed by atoms with van der Waals surface area (Å²) in [6.45, 7) is 14.1. The zero-order valence-corrected chi connectivity index (χ0v) is 13.3. The molecule has 0 bridgehead atoms. The van der Waals surface area contributed by atoms with Crippen LogP contribution in [0.3, 0.4) is 0 Å². The predicted molar refractivity (Wildman–Crippen MR) is 80.0 cm³/mol. The first-order valence-electron chi connectivity index (χ1n) is 7.65. The van der Waals surface area contributed by atoms with Crippen LogP contribution >= 0.6 is 0 Å². The van der Waals surface area contributed by atoms with Gasteiger partial charge in [-0.1, -0.05) is 34.6 Å². The fourth-order valence-electron chi connectivity index (χ4n) is 3.03. The lowest BCUT2D eigenvalue weighted by Crippen LogP contribution is -2.57. The molecule has 112 valence electrons. The van der Waals surface area contributed by atoms with E-state index < -0.39 is 0 Å². The van der Waals surface area contributed by atoms with Gasteiger partial charge in [-0.15, -0.1) is 0 Å². The molecule has 2 N–H and O–H groups in total. The summed E-state index contributed by atoms with van der Waals surface area (Å²) in [7, 11) is 0. The van der Waals surface area contributed by atoms with Crippen LogP contribution in [0, 0.1) is 5.41 Å². The lowest BCUT2D eigenvalue weighted by atomic mass is 9.79. The number of carbonyl (C=O) groups is 1. The average molecular weight is 269 g/mol. The van der Waals surface area contributed by atoms with Crippen LogP contribution in [0.15, 0.2) is 0 Å². The molecule has 2 unspecified atom stereocenters. The van der Waals surface area contributed by atoms with E-state index in [1.807, 2.05) is 4.90 Å². The molecule has 0 aromatic heterocycles. The Balaban J connectivity index is 2.76. The summed E-state index contributed by atoms with van der Waals surface area (Å²) >= 11 is 0. The van der Waals surface area contributed by atoms with Gasteiger partial charge in [-0.3, -0.25) is 9.69 Å². The zero-order valence-electron chi connectivity index (χ0n) is 13.3. The van der Waals surface area contributed by atoms with Crippen molar-refractivity contribution in [1.29, 1.82) is 0 Å². The molecule has 0 saturated carbocycles. The highest BCUT2D eigenvalue weighted by Crippen LogP contribution is 2.28. The first kappa shape index (κ1) is 16.4. The van der Waals surface area contributed by atoms with E-state index in [1.165, 1.54) is 0 Å². The van der Waals surface area contributed by atoms with Crippen LogP contribution in [-0.2, 0) is 4.79 Å². The predicted octanol–water partition coefficient (Wildman–Crippen LogP) is 1.69. The maximum Gasteiger partial charge on any atom is 0.239 e. The minimum Gasteiger partial charge on any atom is -0.341 e. The molecule has 1 aliphatic heterocycles. The van der Waals surface area contributed by atoms with Gasteiger partial charge in [-0.25, -0.2) is 0 Å². The van der Waals surface area contributed by atoms with Crippen molar-refractivity contribution < 1.29 is 4.79 Å². The maximum atomic E-state index is 12.7. The van der Waals surface area contributed by atoms with Gasteiger partial charge in [0.2, 0.25) is 5.91 Å². The van der Waals surface area contributed by atoms with Crippen LogP contribution in [-0.4, -0.2) is 54.0 Å². The molecule has 1 aliphatic rings. The number of hydrogen-bond acceptors (Lipinski definition) is 3. The van der Waals surface area contributed by atoms with E-state index in [0.29, 0.717) is 0 Å². The van der Waals surface area contributed by atoms with Gasteiger partial charge in [-0.05, 0) is 31.3 Å². The number of carbonyl (C=O) groups excluding carboxylic acids is 1. The van der Waals surface area contributed by atoms with E-state index in [2.05, 4.69) is 39.5 Å². The van der Waals surface area contributed by atoms with Crippen molar-refractivity contribution in [3.05, 3.63) is 0 Å². The molecule has 1 rings (SSSR count). The number of nitrogens with two attached hydrogens (primary N) is 1. The van der Waals surface area contributed by atoms with Gasteiger partial charge in [-0.2, -0.15) is 0 Å². The Morgan fingerprint density at radius 1 is 1.37 bits per heavy atom. The summed E-state index contributed by atoms with van der Waals surface area (Å²) in [6, 6.07) is 0.227. The molecule has 1 heterocycles. The molecule has 2 atom stereocenters. The van der Waals surface area contributed by atoms with Crippen molar-refractivity contribution in [2.24, 2.45) is 11.1 Å². The molecular weight excluding hydrogens is 238 g/mol. The molecule has 4 heteroatoms. The number of hydrogen-bond donors (Lipinski definition) is 1. The third-order valence-corrected chi connectivity index (χ3v) is 4.55. The van der Waals surface area contributed by atoms with Gasteiger partial charge < -0.3 is 10.6 Å². The summed E-state index contributed by atoms with van der Waals surface area (Å²) < 4.78 is 0. The van der Waals surface area contributed by atoms with Crippen molar-refractivity contribution in [3.8, 4) is 0 Å². The van der Waals surface area contributed by atoms with Gasteiger partial charge in [0.25, 0.3) is 0 Å². The standard InChI is InChI=1S/C15H31N3O/c1-6-12(17(7-2)8-3)14(19)18-10-9-13(16)15(4,5)11-18/h12-13H,6-11,16H2,1-5H3. The fourth-order valence-corrected chi connectivity index (χ4v) is 3.03. The van der Waals surface area contributed by atoms with E-state index >= 15 is 0 Å². The van der Waals surface area contributed by atoms with Crippen LogP contribution in [0.5, 0.6) is 0 Å². The monoisotopic (exact) mass is 269 g/mol. The second kappa shape index (κ2) is 6.71. The highest BCUT2D eigenvalue weighted by molar-refractivity contribution is 5.82. The number of likely N-dealkylation sites (tertiary alicyclic amines) is 1. The summed E-state index contributed by atoms with van der Waals surface area (Å²) in [5, 5.41) is 0. The second-order valence-corrected chi connectivity index (χ2v) is 6.29. The third kappa shape index (κ3) is 3.69. The molecule has 0 spiro atoms. The number of rotatable bonds is 5. The molecule has 1 saturated heterocycles. The van der Waals surface area contributed by atoms with Gasteiger partial charge in [0, 0.05) is 19.1 Å². The first-order chi connectivity index (χ1) is 8.87. The van der Waals surface area contributed by atoms with E-state index in [9.17, 15) is 4.79 Å². The Hall–Kier alpha value is -0.610. The minimum atomic E-state index is 0.0233. The second-order valence-electron chi connectivity index (χ2n) is 6.29. The third-order valence-electron chi connectivity index (χ3n) is 4.55. The topological polar surface area (TPSA) is 49.6 Å². The SMILES string of the molecule is CCC(C(=O)N1CCC(N)C(C)(C)C1)N(CC)CC. The first-order valence-corrected chi connectivity index (χ1v) is 7.65. The van der Waals surface area contributed by atoms with Crippen LogP contribution in [0.4, 0.5) is 0 Å². The van der Waals surface area contributed by atoms with Gasteiger partial charge in [0.15, 0.2) is 0 Å². The fraction of sp³-hybridized carbons (Fsp3) is 0.933. The molecule has 1 amide bonds. The Morgan fingerprint density at radius 3 is 2.37 bits per heavy atom. The van der Waals surface area contributed by atoms with E-state index in [-0.39, 0.29) is 23.4 Å². The van der Waals surface area contributed by atoms with Crippen molar-refractivity contribution in [2.75, 3.05) is 26.2 Å².